The van der Waals surface area contributed by atoms with Gasteiger partial charge in [0.25, 0.3) is 16.0 Å². The molecule has 1 heterocycles. The van der Waals surface area contributed by atoms with Gasteiger partial charge in [-0.05, 0) is 42.5 Å². The van der Waals surface area contributed by atoms with Crippen molar-refractivity contribution >= 4 is 44.8 Å². The van der Waals surface area contributed by atoms with E-state index < -0.39 is 20.9 Å². The fraction of sp³-hybridized carbons (Fsp3) is 0.273. The Morgan fingerprint density at radius 1 is 1.16 bits per heavy atom. The second-order valence-electron chi connectivity index (χ2n) is 6.96. The van der Waals surface area contributed by atoms with Crippen molar-refractivity contribution in [1.29, 1.82) is 0 Å². The van der Waals surface area contributed by atoms with E-state index in [-0.39, 0.29) is 5.56 Å². The maximum Gasteiger partial charge on any atom is 0.295 e. The number of thiazole rings is 1. The van der Waals surface area contributed by atoms with Gasteiger partial charge < -0.3 is 5.32 Å². The Balaban J connectivity index is 1.74. The zero-order valence-corrected chi connectivity index (χ0v) is 19.7. The van der Waals surface area contributed by atoms with Crippen molar-refractivity contribution in [2.45, 2.75) is 36.8 Å². The summed E-state index contributed by atoms with van der Waals surface area (Å²) >= 11 is 3.52. The highest BCUT2D eigenvalue weighted by Gasteiger charge is 2.20. The number of aromatic nitrogens is 1. The summed E-state index contributed by atoms with van der Waals surface area (Å²) in [6, 6.07) is 13.0. The molecule has 31 heavy (non-hydrogen) atoms. The third-order valence-corrected chi connectivity index (χ3v) is 7.32. The van der Waals surface area contributed by atoms with E-state index in [1.165, 1.54) is 23.1 Å². The van der Waals surface area contributed by atoms with Crippen LogP contribution in [0.2, 0.25) is 0 Å². The Hall–Kier alpha value is -2.20. The maximum atomic E-state index is 12.5. The highest BCUT2D eigenvalue weighted by Crippen LogP contribution is 2.26. The lowest BCUT2D eigenvalue weighted by Crippen LogP contribution is -2.16. The molecule has 0 bridgehead atoms. The summed E-state index contributed by atoms with van der Waals surface area (Å²) in [6.45, 7) is 2.15. The van der Waals surface area contributed by atoms with E-state index in [1.54, 1.807) is 41.3 Å². The molecule has 1 aromatic heterocycles. The van der Waals surface area contributed by atoms with Crippen LogP contribution >= 0.6 is 23.1 Å². The number of nitrogens with one attached hydrogen (secondary N) is 1. The largest absolute Gasteiger partial charge is 0.322 e. The van der Waals surface area contributed by atoms with Crippen molar-refractivity contribution < 1.29 is 17.8 Å². The number of carbonyl (C=O) groups excluding carboxylic acids is 1. The SMILES string of the molecule is CCCc1nc(CSC)sc1Cc1ccc(NC(=O)c2ccccc2S(=O)(=O)O)cc1. The molecule has 0 unspecified atom stereocenters. The summed E-state index contributed by atoms with van der Waals surface area (Å²) in [6.07, 6.45) is 4.86. The van der Waals surface area contributed by atoms with Crippen LogP contribution in [0, 0.1) is 0 Å². The van der Waals surface area contributed by atoms with Gasteiger partial charge in [0.05, 0.1) is 11.3 Å². The summed E-state index contributed by atoms with van der Waals surface area (Å²) in [4.78, 5) is 18.2. The van der Waals surface area contributed by atoms with Gasteiger partial charge in [-0.2, -0.15) is 20.2 Å². The molecule has 0 aliphatic carbocycles. The van der Waals surface area contributed by atoms with Gasteiger partial charge in [-0.3, -0.25) is 9.35 Å². The lowest BCUT2D eigenvalue weighted by atomic mass is 10.1. The van der Waals surface area contributed by atoms with Crippen LogP contribution in [0.3, 0.4) is 0 Å². The molecule has 6 nitrogen and oxygen atoms in total. The predicted octanol–water partition coefficient (Wildman–Crippen LogP) is 5.05. The Morgan fingerprint density at radius 2 is 1.87 bits per heavy atom. The highest BCUT2D eigenvalue weighted by atomic mass is 32.2. The number of hydrogen-bond acceptors (Lipinski definition) is 6. The number of nitrogens with zero attached hydrogens (tertiary/aromatic N) is 1. The van der Waals surface area contributed by atoms with Crippen molar-refractivity contribution in [3.05, 3.63) is 75.2 Å². The average molecular weight is 477 g/mol. The second-order valence-corrected chi connectivity index (χ2v) is 10.4. The molecule has 0 saturated heterocycles. The van der Waals surface area contributed by atoms with Crippen molar-refractivity contribution in [2.24, 2.45) is 0 Å². The fourth-order valence-corrected chi connectivity index (χ4v) is 5.70. The third kappa shape index (κ3) is 6.16. The van der Waals surface area contributed by atoms with Crippen LogP contribution < -0.4 is 5.32 Å². The van der Waals surface area contributed by atoms with Gasteiger partial charge in [0.15, 0.2) is 0 Å². The molecule has 3 rings (SSSR count). The highest BCUT2D eigenvalue weighted by molar-refractivity contribution is 7.97. The number of benzene rings is 2. The normalized spacial score (nSPS) is 11.5. The van der Waals surface area contributed by atoms with Crippen LogP contribution in [0.4, 0.5) is 5.69 Å². The molecule has 0 atom stereocenters. The molecule has 1 amide bonds. The summed E-state index contributed by atoms with van der Waals surface area (Å²) in [5, 5.41) is 3.83. The van der Waals surface area contributed by atoms with E-state index in [9.17, 15) is 17.8 Å². The maximum absolute atomic E-state index is 12.5. The number of anilines is 1. The molecule has 0 fully saturated rings. The first kappa shape index (κ1) is 23.5. The van der Waals surface area contributed by atoms with E-state index in [1.807, 2.05) is 12.1 Å². The summed E-state index contributed by atoms with van der Waals surface area (Å²) < 4.78 is 32.4. The number of aryl methyl sites for hydroxylation is 1. The number of amides is 1. The van der Waals surface area contributed by atoms with Crippen molar-refractivity contribution in [3.8, 4) is 0 Å². The molecule has 2 N–H and O–H groups in total. The number of thioether (sulfide) groups is 1. The average Bonchev–Trinajstić information content (AvgIpc) is 3.10. The van der Waals surface area contributed by atoms with Crippen LogP contribution in [0.25, 0.3) is 0 Å². The molecule has 0 saturated carbocycles. The van der Waals surface area contributed by atoms with E-state index in [0.29, 0.717) is 5.69 Å². The molecule has 0 aliphatic rings. The molecule has 2 aromatic carbocycles. The lowest BCUT2D eigenvalue weighted by Gasteiger charge is -2.09. The minimum Gasteiger partial charge on any atom is -0.322 e. The van der Waals surface area contributed by atoms with Gasteiger partial charge in [0, 0.05) is 22.7 Å². The van der Waals surface area contributed by atoms with E-state index >= 15 is 0 Å². The van der Waals surface area contributed by atoms with Gasteiger partial charge in [-0.25, -0.2) is 4.98 Å². The smallest absolute Gasteiger partial charge is 0.295 e. The van der Waals surface area contributed by atoms with Crippen molar-refractivity contribution in [3.63, 3.8) is 0 Å². The van der Waals surface area contributed by atoms with Crippen LogP contribution in [-0.2, 0) is 28.7 Å². The van der Waals surface area contributed by atoms with Crippen LogP contribution in [0.15, 0.2) is 53.4 Å². The topological polar surface area (TPSA) is 96.4 Å². The van der Waals surface area contributed by atoms with Crippen LogP contribution in [0.5, 0.6) is 0 Å². The van der Waals surface area contributed by atoms with E-state index in [0.717, 1.165) is 41.3 Å². The first-order valence-electron chi connectivity index (χ1n) is 9.75. The summed E-state index contributed by atoms with van der Waals surface area (Å²) in [5.74, 6) is 0.313. The predicted molar refractivity (Wildman–Crippen MR) is 127 cm³/mol. The summed E-state index contributed by atoms with van der Waals surface area (Å²) in [5.41, 5.74) is 2.70. The molecule has 0 radical (unpaired) electrons. The van der Waals surface area contributed by atoms with Crippen molar-refractivity contribution in [2.75, 3.05) is 11.6 Å². The molecule has 9 heteroatoms. The van der Waals surface area contributed by atoms with Crippen LogP contribution in [0.1, 0.15) is 44.8 Å². The molecular weight excluding hydrogens is 452 g/mol. The Bertz CT molecular complexity index is 1160. The molecule has 0 aliphatic heterocycles. The molecule has 3 aromatic rings. The number of rotatable bonds is 9. The standard InChI is InChI=1S/C22H24N2O4S3/c1-3-6-18-19(30-21(24-18)14-29-2)13-15-9-11-16(12-10-15)23-22(25)17-7-4-5-8-20(17)31(26,27)28/h4-5,7-12H,3,6,13-14H2,1-2H3,(H,23,25)(H,26,27,28). The molecule has 164 valence electrons. The Morgan fingerprint density at radius 3 is 2.52 bits per heavy atom. The minimum atomic E-state index is -4.49. The van der Waals surface area contributed by atoms with Crippen LogP contribution in [-0.4, -0.2) is 30.1 Å². The Kier molecular flexibility index (Phi) is 7.88. The minimum absolute atomic E-state index is 0.107. The number of carbonyl (C=O) groups is 1. The van der Waals surface area contributed by atoms with Gasteiger partial charge >= 0.3 is 0 Å². The summed E-state index contributed by atoms with van der Waals surface area (Å²) in [7, 11) is -4.49. The molecular formula is C22H24N2O4S3. The third-order valence-electron chi connectivity index (χ3n) is 4.56. The van der Waals surface area contributed by atoms with Gasteiger partial charge in [-0.15, -0.1) is 11.3 Å². The Labute approximate surface area is 190 Å². The quantitative estimate of drug-likeness (QED) is 0.420. The van der Waals surface area contributed by atoms with Crippen molar-refractivity contribution in [1.82, 2.24) is 4.98 Å². The van der Waals surface area contributed by atoms with Gasteiger partial charge in [-0.1, -0.05) is 37.6 Å². The zero-order chi connectivity index (χ0) is 22.4. The monoisotopic (exact) mass is 476 g/mol. The van der Waals surface area contributed by atoms with E-state index in [2.05, 4.69) is 18.5 Å². The first-order valence-corrected chi connectivity index (χ1v) is 13.4. The zero-order valence-electron chi connectivity index (χ0n) is 17.3. The molecule has 0 spiro atoms. The lowest BCUT2D eigenvalue weighted by molar-refractivity contribution is 0.102. The van der Waals surface area contributed by atoms with Gasteiger partial charge in [0.2, 0.25) is 0 Å². The fourth-order valence-electron chi connectivity index (χ4n) is 3.16. The first-order chi connectivity index (χ1) is 14.8. The number of hydrogen-bond donors (Lipinski definition) is 2. The second kappa shape index (κ2) is 10.4. The van der Waals surface area contributed by atoms with E-state index in [4.69, 9.17) is 4.98 Å². The van der Waals surface area contributed by atoms with Gasteiger partial charge in [0.1, 0.15) is 9.90 Å².